The number of benzene rings is 2. The van der Waals surface area contributed by atoms with Crippen LogP contribution in [-0.2, 0) is 17.5 Å². The molecule has 0 radical (unpaired) electrons. The normalized spacial score (nSPS) is 11.6. The molecule has 3 aromatic rings. The van der Waals surface area contributed by atoms with Gasteiger partial charge in [-0.05, 0) is 35.4 Å². The molecule has 0 fully saturated rings. The van der Waals surface area contributed by atoms with Crippen molar-refractivity contribution in [2.24, 2.45) is 7.05 Å². The van der Waals surface area contributed by atoms with Crippen LogP contribution in [0.3, 0.4) is 0 Å². The van der Waals surface area contributed by atoms with E-state index in [-0.39, 0.29) is 12.1 Å². The SMILES string of the molecule is Cn1c(-c2ccc(C(F)(F)[IH+])cc2)cc(=O)n(Cc2ccc(Cl)cc2)c1=O. The first-order valence-electron chi connectivity index (χ1n) is 7.91. The van der Waals surface area contributed by atoms with Crippen molar-refractivity contribution in [2.75, 3.05) is 0 Å². The molecule has 0 aliphatic carbocycles. The number of alkyl halides is 3. The van der Waals surface area contributed by atoms with Gasteiger partial charge in [0, 0.05) is 18.1 Å². The molecule has 1 heterocycles. The van der Waals surface area contributed by atoms with Gasteiger partial charge in [0.25, 0.3) is 5.56 Å². The number of halogens is 4. The van der Waals surface area contributed by atoms with Gasteiger partial charge in [0.15, 0.2) is 0 Å². The molecule has 0 saturated carbocycles. The van der Waals surface area contributed by atoms with Gasteiger partial charge in [0.1, 0.15) is 0 Å². The van der Waals surface area contributed by atoms with Crippen LogP contribution in [0.1, 0.15) is 11.1 Å². The van der Waals surface area contributed by atoms with Gasteiger partial charge in [-0.1, -0.05) is 35.9 Å². The van der Waals surface area contributed by atoms with Gasteiger partial charge in [-0.25, -0.2) is 4.79 Å². The highest BCUT2D eigenvalue weighted by atomic mass is 127. The van der Waals surface area contributed by atoms with Gasteiger partial charge in [-0.3, -0.25) is 13.9 Å². The lowest BCUT2D eigenvalue weighted by molar-refractivity contribution is -0.583. The molecule has 1 aromatic heterocycles. The predicted molar refractivity (Wildman–Crippen MR) is 97.2 cm³/mol. The molecule has 2 aromatic carbocycles. The van der Waals surface area contributed by atoms with Crippen LogP contribution < -0.4 is 33.8 Å². The minimum Gasteiger partial charge on any atom is -0.296 e. The Hall–Kier alpha value is -2.00. The minimum atomic E-state index is -2.94. The minimum absolute atomic E-state index is 0.115. The lowest BCUT2D eigenvalue weighted by atomic mass is 10.1. The third-order valence-corrected chi connectivity index (χ3v) is 5.10. The summed E-state index contributed by atoms with van der Waals surface area (Å²) in [5.74, 6) is 0. The Kier molecular flexibility index (Phi) is 5.53. The van der Waals surface area contributed by atoms with E-state index < -0.39 is 15.2 Å². The van der Waals surface area contributed by atoms with Crippen LogP contribution in [0.4, 0.5) is 8.78 Å². The molecule has 0 unspecified atom stereocenters. The van der Waals surface area contributed by atoms with Crippen molar-refractivity contribution in [3.05, 3.63) is 91.6 Å². The molecule has 27 heavy (non-hydrogen) atoms. The zero-order chi connectivity index (χ0) is 19.8. The maximum Gasteiger partial charge on any atom is 0.464 e. The van der Waals surface area contributed by atoms with Crippen molar-refractivity contribution in [1.29, 1.82) is 0 Å². The zero-order valence-corrected chi connectivity index (χ0v) is 17.2. The van der Waals surface area contributed by atoms with Crippen molar-refractivity contribution < 1.29 is 31.4 Å². The van der Waals surface area contributed by atoms with Crippen LogP contribution in [0.2, 0.25) is 5.02 Å². The molecule has 0 N–H and O–H groups in total. The molecule has 0 atom stereocenters. The van der Waals surface area contributed by atoms with Gasteiger partial charge < -0.3 is 0 Å². The van der Waals surface area contributed by atoms with Gasteiger partial charge in [0.05, 0.1) is 17.8 Å². The highest BCUT2D eigenvalue weighted by molar-refractivity contribution is 6.30. The molecule has 0 aliphatic heterocycles. The first kappa shape index (κ1) is 19.8. The van der Waals surface area contributed by atoms with Crippen molar-refractivity contribution in [3.8, 4) is 11.3 Å². The summed E-state index contributed by atoms with van der Waals surface area (Å²) in [5.41, 5.74) is 0.563. The molecule has 140 valence electrons. The fourth-order valence-electron chi connectivity index (χ4n) is 2.70. The quantitative estimate of drug-likeness (QED) is 0.379. The van der Waals surface area contributed by atoms with Crippen LogP contribution in [-0.4, -0.2) is 9.13 Å². The number of hydrogen-bond acceptors (Lipinski definition) is 2. The van der Waals surface area contributed by atoms with E-state index in [0.717, 1.165) is 32.7 Å². The average molecular weight is 504 g/mol. The Bertz CT molecular complexity index is 1090. The van der Waals surface area contributed by atoms with E-state index in [2.05, 4.69) is 0 Å². The first-order chi connectivity index (χ1) is 12.7. The molecule has 8 heteroatoms. The first-order valence-corrected chi connectivity index (χ1v) is 9.45. The maximum atomic E-state index is 13.4. The third kappa shape index (κ3) is 4.30. The summed E-state index contributed by atoms with van der Waals surface area (Å²) in [7, 11) is 1.54. The van der Waals surface area contributed by atoms with E-state index in [0.29, 0.717) is 16.3 Å². The Balaban J connectivity index is 2.01. The average Bonchev–Trinajstić information content (AvgIpc) is 2.63. The molecule has 0 bridgehead atoms. The van der Waals surface area contributed by atoms with Crippen LogP contribution >= 0.6 is 11.6 Å². The Labute approximate surface area is 172 Å². The highest BCUT2D eigenvalue weighted by Crippen LogP contribution is 2.22. The van der Waals surface area contributed by atoms with E-state index in [1.54, 1.807) is 24.3 Å². The fraction of sp³-hybridized carbons (Fsp3) is 0.158. The second kappa shape index (κ2) is 7.55. The Morgan fingerprint density at radius 3 is 2.19 bits per heavy atom. The molecular formula is C19H15ClF2IN2O2+. The van der Waals surface area contributed by atoms with E-state index in [4.69, 9.17) is 11.6 Å². The molecule has 4 nitrogen and oxygen atoms in total. The van der Waals surface area contributed by atoms with E-state index in [1.807, 2.05) is 0 Å². The van der Waals surface area contributed by atoms with Crippen molar-refractivity contribution in [3.63, 3.8) is 0 Å². The number of hydrogen-bond donors (Lipinski definition) is 0. The van der Waals surface area contributed by atoms with Gasteiger partial charge >= 0.3 is 32.2 Å². The standard InChI is InChI=1S/C19H15ClF2IN2O2/c1-24-16(13-4-6-14(7-5-13)19(21,22)23)10-17(26)25(18(24)27)11-12-2-8-15(20)9-3-12/h2-10,23H,11H2,1H3/q+1. The second-order valence-electron chi connectivity index (χ2n) is 6.02. The number of nitrogens with zero attached hydrogens (tertiary/aromatic N) is 2. The largest absolute Gasteiger partial charge is 0.464 e. The van der Waals surface area contributed by atoms with Crippen LogP contribution in [0.5, 0.6) is 0 Å². The van der Waals surface area contributed by atoms with E-state index in [1.165, 1.54) is 41.9 Å². The highest BCUT2D eigenvalue weighted by Gasteiger charge is 2.37. The Morgan fingerprint density at radius 2 is 1.63 bits per heavy atom. The summed E-state index contributed by atoms with van der Waals surface area (Å²) < 4.78 is 26.2. The monoisotopic (exact) mass is 503 g/mol. The van der Waals surface area contributed by atoms with Gasteiger partial charge in [-0.2, -0.15) is 8.78 Å². The lowest BCUT2D eigenvalue weighted by Gasteiger charge is -2.12. The fourth-order valence-corrected chi connectivity index (χ4v) is 3.21. The van der Waals surface area contributed by atoms with Gasteiger partial charge in [0.2, 0.25) is 0 Å². The summed E-state index contributed by atoms with van der Waals surface area (Å²) in [6, 6.07) is 13.7. The molecule has 0 amide bonds. The topological polar surface area (TPSA) is 44.0 Å². The van der Waals surface area contributed by atoms with E-state index in [9.17, 15) is 18.4 Å². The summed E-state index contributed by atoms with van der Waals surface area (Å²) >= 11 is 6.59. The smallest absolute Gasteiger partial charge is 0.296 e. The molecule has 3 rings (SSSR count). The number of rotatable bonds is 4. The van der Waals surface area contributed by atoms with Crippen LogP contribution in [0, 0.1) is 0 Å². The molecule has 0 saturated heterocycles. The predicted octanol–water partition coefficient (Wildman–Crippen LogP) is 0.251. The third-order valence-electron chi connectivity index (χ3n) is 4.18. The summed E-state index contributed by atoms with van der Waals surface area (Å²) in [6.07, 6.45) is 0. The summed E-state index contributed by atoms with van der Waals surface area (Å²) in [5, 5.41) is 0.565. The van der Waals surface area contributed by atoms with Crippen molar-refractivity contribution in [2.45, 2.75) is 10.5 Å². The molecule has 0 aliphatic rings. The molecule has 0 spiro atoms. The second-order valence-corrected chi connectivity index (χ2v) is 7.92. The lowest BCUT2D eigenvalue weighted by Crippen LogP contribution is -3.40. The molecular weight excluding hydrogens is 489 g/mol. The van der Waals surface area contributed by atoms with Crippen molar-refractivity contribution >= 4 is 11.6 Å². The van der Waals surface area contributed by atoms with Gasteiger partial charge in [-0.15, -0.1) is 0 Å². The van der Waals surface area contributed by atoms with Crippen LogP contribution in [0.25, 0.3) is 11.3 Å². The number of aromatic nitrogens is 2. The zero-order valence-electron chi connectivity index (χ0n) is 14.2. The van der Waals surface area contributed by atoms with Crippen LogP contribution in [0.15, 0.2) is 64.2 Å². The van der Waals surface area contributed by atoms with E-state index >= 15 is 0 Å². The maximum absolute atomic E-state index is 13.4. The summed E-state index contributed by atoms with van der Waals surface area (Å²) in [6.45, 7) is 0.115. The summed E-state index contributed by atoms with van der Waals surface area (Å²) in [4.78, 5) is 25.1. The van der Waals surface area contributed by atoms with Crippen molar-refractivity contribution in [1.82, 2.24) is 9.13 Å². The Morgan fingerprint density at radius 1 is 1.04 bits per heavy atom.